The fourth-order valence-electron chi connectivity index (χ4n) is 1.42. The number of Topliss-reactive ketones (excluding diaryl/α,β-unsaturated/α-hetero) is 1. The summed E-state index contributed by atoms with van der Waals surface area (Å²) in [6, 6.07) is 5.50. The van der Waals surface area contributed by atoms with Gasteiger partial charge >= 0.3 is 0 Å². The molecule has 0 atom stereocenters. The van der Waals surface area contributed by atoms with Crippen LogP contribution in [-0.2, 0) is 6.42 Å². The molecule has 2 N–H and O–H groups in total. The van der Waals surface area contributed by atoms with Crippen molar-refractivity contribution in [1.29, 1.82) is 0 Å². The van der Waals surface area contributed by atoms with E-state index in [0.29, 0.717) is 5.82 Å². The summed E-state index contributed by atoms with van der Waals surface area (Å²) in [7, 11) is 0. The zero-order valence-corrected chi connectivity index (χ0v) is 8.87. The number of rotatable bonds is 3. The van der Waals surface area contributed by atoms with E-state index in [-0.39, 0.29) is 29.3 Å². The third kappa shape index (κ3) is 2.57. The maximum Gasteiger partial charge on any atom is 0.174 e. The quantitative estimate of drug-likeness (QED) is 0.777. The van der Waals surface area contributed by atoms with Crippen LogP contribution in [0.4, 0.5) is 0 Å². The van der Waals surface area contributed by atoms with Gasteiger partial charge in [0.05, 0.1) is 12.0 Å². The van der Waals surface area contributed by atoms with Gasteiger partial charge in [-0.1, -0.05) is 0 Å². The summed E-state index contributed by atoms with van der Waals surface area (Å²) in [5.41, 5.74) is 0.148. The SMILES string of the molecule is O=C(Cc1ncccn1)c1ccc(O)cc1O. The van der Waals surface area contributed by atoms with Gasteiger partial charge in [-0.3, -0.25) is 4.79 Å². The van der Waals surface area contributed by atoms with E-state index >= 15 is 0 Å². The Labute approximate surface area is 97.4 Å². The molecule has 0 aliphatic rings. The van der Waals surface area contributed by atoms with Crippen LogP contribution >= 0.6 is 0 Å². The van der Waals surface area contributed by atoms with Crippen molar-refractivity contribution < 1.29 is 15.0 Å². The highest BCUT2D eigenvalue weighted by molar-refractivity contribution is 5.99. The monoisotopic (exact) mass is 230 g/mol. The van der Waals surface area contributed by atoms with Crippen LogP contribution in [0.25, 0.3) is 0 Å². The van der Waals surface area contributed by atoms with Crippen LogP contribution in [0.15, 0.2) is 36.7 Å². The molecule has 1 heterocycles. The molecule has 0 saturated carbocycles. The minimum Gasteiger partial charge on any atom is -0.508 e. The van der Waals surface area contributed by atoms with Crippen LogP contribution in [0.2, 0.25) is 0 Å². The predicted molar refractivity (Wildman–Crippen MR) is 59.8 cm³/mol. The van der Waals surface area contributed by atoms with Gasteiger partial charge in [0.15, 0.2) is 5.78 Å². The Bertz CT molecular complexity index is 541. The molecule has 1 aromatic carbocycles. The van der Waals surface area contributed by atoms with E-state index in [2.05, 4.69) is 9.97 Å². The number of phenols is 2. The third-order valence-electron chi connectivity index (χ3n) is 2.22. The van der Waals surface area contributed by atoms with E-state index in [1.165, 1.54) is 12.1 Å². The summed E-state index contributed by atoms with van der Waals surface area (Å²) >= 11 is 0. The van der Waals surface area contributed by atoms with Gasteiger partial charge in [-0.15, -0.1) is 0 Å². The fraction of sp³-hybridized carbons (Fsp3) is 0.0833. The number of aromatic nitrogens is 2. The Morgan fingerprint density at radius 2 is 1.88 bits per heavy atom. The average Bonchev–Trinajstić information content (AvgIpc) is 2.30. The summed E-state index contributed by atoms with van der Waals surface area (Å²) in [5.74, 6) is -0.236. The van der Waals surface area contributed by atoms with Crippen molar-refractivity contribution in [3.05, 3.63) is 48.0 Å². The number of benzene rings is 1. The Balaban J connectivity index is 2.21. The average molecular weight is 230 g/mol. The molecule has 2 aromatic rings. The first-order valence-electron chi connectivity index (χ1n) is 4.98. The van der Waals surface area contributed by atoms with Crippen molar-refractivity contribution in [3.8, 4) is 11.5 Å². The second-order valence-corrected chi connectivity index (χ2v) is 3.47. The number of nitrogens with zero attached hydrogens (tertiary/aromatic N) is 2. The molecule has 0 saturated heterocycles. The molecule has 5 nitrogen and oxygen atoms in total. The molecule has 0 amide bonds. The van der Waals surface area contributed by atoms with Crippen LogP contribution in [0, 0.1) is 0 Å². The molecule has 0 unspecified atom stereocenters. The van der Waals surface area contributed by atoms with Crippen LogP contribution < -0.4 is 0 Å². The lowest BCUT2D eigenvalue weighted by molar-refractivity contribution is 0.0988. The third-order valence-corrected chi connectivity index (χ3v) is 2.22. The first-order valence-corrected chi connectivity index (χ1v) is 4.98. The molecule has 0 aliphatic heterocycles. The van der Waals surface area contributed by atoms with Gasteiger partial charge in [-0.2, -0.15) is 0 Å². The first-order chi connectivity index (χ1) is 8.16. The van der Waals surface area contributed by atoms with E-state index in [9.17, 15) is 9.90 Å². The number of carbonyl (C=O) groups is 1. The van der Waals surface area contributed by atoms with Crippen LogP contribution in [0.3, 0.4) is 0 Å². The topological polar surface area (TPSA) is 83.3 Å². The molecule has 0 radical (unpaired) electrons. The van der Waals surface area contributed by atoms with Gasteiger partial charge in [-0.25, -0.2) is 9.97 Å². The molecule has 1 aromatic heterocycles. The van der Waals surface area contributed by atoms with Gasteiger partial charge in [0.25, 0.3) is 0 Å². The molecule has 0 spiro atoms. The number of ketones is 1. The van der Waals surface area contributed by atoms with E-state index in [0.717, 1.165) is 6.07 Å². The maximum absolute atomic E-state index is 11.8. The van der Waals surface area contributed by atoms with Crippen molar-refractivity contribution in [2.45, 2.75) is 6.42 Å². The van der Waals surface area contributed by atoms with Crippen molar-refractivity contribution >= 4 is 5.78 Å². The van der Waals surface area contributed by atoms with E-state index in [1.807, 2.05) is 0 Å². The lowest BCUT2D eigenvalue weighted by atomic mass is 10.1. The van der Waals surface area contributed by atoms with Crippen LogP contribution in [-0.4, -0.2) is 26.0 Å². The zero-order chi connectivity index (χ0) is 12.3. The van der Waals surface area contributed by atoms with Crippen molar-refractivity contribution in [2.75, 3.05) is 0 Å². The highest BCUT2D eigenvalue weighted by Crippen LogP contribution is 2.23. The highest BCUT2D eigenvalue weighted by atomic mass is 16.3. The van der Waals surface area contributed by atoms with Gasteiger partial charge in [-0.05, 0) is 18.2 Å². The smallest absolute Gasteiger partial charge is 0.174 e. The van der Waals surface area contributed by atoms with Gasteiger partial charge < -0.3 is 10.2 Å². The fourth-order valence-corrected chi connectivity index (χ4v) is 1.42. The van der Waals surface area contributed by atoms with Gasteiger partial charge in [0.2, 0.25) is 0 Å². The minimum absolute atomic E-state index is 0.0131. The molecule has 86 valence electrons. The van der Waals surface area contributed by atoms with Gasteiger partial charge in [0.1, 0.15) is 17.3 Å². The second-order valence-electron chi connectivity index (χ2n) is 3.47. The molecular weight excluding hydrogens is 220 g/mol. The number of phenolic OH excluding ortho intramolecular Hbond substituents is 2. The molecule has 5 heteroatoms. The lowest BCUT2D eigenvalue weighted by Crippen LogP contribution is -2.06. The lowest BCUT2D eigenvalue weighted by Gasteiger charge is -2.03. The van der Waals surface area contributed by atoms with E-state index < -0.39 is 0 Å². The number of hydrogen-bond donors (Lipinski definition) is 2. The Hall–Kier alpha value is -2.43. The Kier molecular flexibility index (Phi) is 3.00. The molecule has 0 aliphatic carbocycles. The zero-order valence-electron chi connectivity index (χ0n) is 8.87. The Morgan fingerprint density at radius 3 is 2.53 bits per heavy atom. The summed E-state index contributed by atoms with van der Waals surface area (Å²) in [6.07, 6.45) is 3.11. The maximum atomic E-state index is 11.8. The Morgan fingerprint density at radius 1 is 1.18 bits per heavy atom. The number of aromatic hydroxyl groups is 2. The highest BCUT2D eigenvalue weighted by Gasteiger charge is 2.13. The van der Waals surface area contributed by atoms with Crippen molar-refractivity contribution in [3.63, 3.8) is 0 Å². The number of hydrogen-bond acceptors (Lipinski definition) is 5. The van der Waals surface area contributed by atoms with Crippen LogP contribution in [0.5, 0.6) is 11.5 Å². The second kappa shape index (κ2) is 4.61. The van der Waals surface area contributed by atoms with Crippen molar-refractivity contribution in [2.24, 2.45) is 0 Å². The van der Waals surface area contributed by atoms with Crippen molar-refractivity contribution in [1.82, 2.24) is 9.97 Å². The molecule has 2 rings (SSSR count). The molecule has 0 bridgehead atoms. The first kappa shape index (κ1) is 11.1. The predicted octanol–water partition coefficient (Wildman–Crippen LogP) is 1.31. The molecule has 0 fully saturated rings. The summed E-state index contributed by atoms with van der Waals surface area (Å²) in [4.78, 5) is 19.7. The number of carbonyl (C=O) groups excluding carboxylic acids is 1. The van der Waals surface area contributed by atoms with E-state index in [4.69, 9.17) is 5.11 Å². The summed E-state index contributed by atoms with van der Waals surface area (Å²) in [6.45, 7) is 0. The minimum atomic E-state index is -0.297. The molecule has 17 heavy (non-hydrogen) atoms. The normalized spacial score (nSPS) is 10.1. The molecular formula is C12H10N2O3. The van der Waals surface area contributed by atoms with E-state index in [1.54, 1.807) is 18.5 Å². The largest absolute Gasteiger partial charge is 0.508 e. The standard InChI is InChI=1S/C12H10N2O3/c15-8-2-3-9(10(16)6-8)11(17)7-12-13-4-1-5-14-12/h1-6,15-16H,7H2. The summed E-state index contributed by atoms with van der Waals surface area (Å²) in [5, 5.41) is 18.6. The van der Waals surface area contributed by atoms with Gasteiger partial charge in [0, 0.05) is 18.5 Å². The van der Waals surface area contributed by atoms with Crippen LogP contribution in [0.1, 0.15) is 16.2 Å². The summed E-state index contributed by atoms with van der Waals surface area (Å²) < 4.78 is 0.